The van der Waals surface area contributed by atoms with E-state index in [1.165, 1.54) is 19.1 Å². The van der Waals surface area contributed by atoms with Gasteiger partial charge in [-0.1, -0.05) is 24.3 Å². The van der Waals surface area contributed by atoms with Gasteiger partial charge in [0, 0.05) is 11.1 Å². The van der Waals surface area contributed by atoms with Crippen molar-refractivity contribution in [2.75, 3.05) is 0 Å². The van der Waals surface area contributed by atoms with Gasteiger partial charge in [0.2, 0.25) is 0 Å². The third-order valence-corrected chi connectivity index (χ3v) is 2.67. The van der Waals surface area contributed by atoms with Crippen LogP contribution in [0.1, 0.15) is 22.8 Å². The highest BCUT2D eigenvalue weighted by Gasteiger charge is 2.08. The molecular weight excluding hydrogens is 250 g/mol. The maximum Gasteiger partial charge on any atom is 0.165 e. The van der Waals surface area contributed by atoms with E-state index in [-0.39, 0.29) is 18.0 Å². The molecule has 0 aliphatic carbocycles. The van der Waals surface area contributed by atoms with Crippen molar-refractivity contribution in [2.45, 2.75) is 13.5 Å². The second-order valence-corrected chi connectivity index (χ2v) is 4.09. The summed E-state index contributed by atoms with van der Waals surface area (Å²) in [5, 5.41) is 0. The molecule has 0 spiro atoms. The van der Waals surface area contributed by atoms with E-state index in [1.807, 2.05) is 0 Å². The van der Waals surface area contributed by atoms with E-state index >= 15 is 0 Å². The first-order valence-electron chi connectivity index (χ1n) is 5.74. The molecule has 0 bridgehead atoms. The predicted octanol–water partition coefficient (Wildman–Crippen LogP) is 3.75. The van der Waals surface area contributed by atoms with E-state index in [2.05, 4.69) is 0 Å². The largest absolute Gasteiger partial charge is 0.489 e. The Labute approximate surface area is 109 Å². The summed E-state index contributed by atoms with van der Waals surface area (Å²) in [5.41, 5.74) is 0.644. The standard InChI is InChI=1S/C15H12F2O2/c1-10(18)11-4-2-6-13(8-11)19-9-12-5-3-7-14(16)15(12)17/h2-8H,9H2,1H3. The Morgan fingerprint density at radius 3 is 2.63 bits per heavy atom. The van der Waals surface area contributed by atoms with Crippen LogP contribution in [-0.4, -0.2) is 5.78 Å². The van der Waals surface area contributed by atoms with Crippen molar-refractivity contribution in [1.82, 2.24) is 0 Å². The highest BCUT2D eigenvalue weighted by molar-refractivity contribution is 5.94. The molecule has 98 valence electrons. The van der Waals surface area contributed by atoms with Gasteiger partial charge in [0.15, 0.2) is 17.4 Å². The Bertz CT molecular complexity index is 609. The van der Waals surface area contributed by atoms with Crippen LogP contribution in [0.3, 0.4) is 0 Å². The van der Waals surface area contributed by atoms with Gasteiger partial charge in [-0.15, -0.1) is 0 Å². The molecule has 0 heterocycles. The van der Waals surface area contributed by atoms with Crippen molar-refractivity contribution in [3.63, 3.8) is 0 Å². The zero-order valence-corrected chi connectivity index (χ0v) is 10.3. The van der Waals surface area contributed by atoms with Gasteiger partial charge >= 0.3 is 0 Å². The highest BCUT2D eigenvalue weighted by Crippen LogP contribution is 2.17. The molecule has 0 saturated carbocycles. The van der Waals surface area contributed by atoms with Gasteiger partial charge < -0.3 is 4.74 Å². The van der Waals surface area contributed by atoms with Gasteiger partial charge in [-0.25, -0.2) is 8.78 Å². The van der Waals surface area contributed by atoms with Crippen molar-refractivity contribution in [3.8, 4) is 5.75 Å². The number of ether oxygens (including phenoxy) is 1. The minimum atomic E-state index is -0.912. The predicted molar refractivity (Wildman–Crippen MR) is 67.1 cm³/mol. The second kappa shape index (κ2) is 5.61. The number of hydrogen-bond acceptors (Lipinski definition) is 2. The number of ketones is 1. The summed E-state index contributed by atoms with van der Waals surface area (Å²) in [5.74, 6) is -1.46. The first kappa shape index (κ1) is 13.2. The van der Waals surface area contributed by atoms with E-state index in [4.69, 9.17) is 4.74 Å². The number of carbonyl (C=O) groups is 1. The van der Waals surface area contributed by atoms with Crippen LogP contribution in [0.5, 0.6) is 5.75 Å². The molecule has 19 heavy (non-hydrogen) atoms. The van der Waals surface area contributed by atoms with Gasteiger partial charge in [-0.05, 0) is 25.1 Å². The molecule has 0 unspecified atom stereocenters. The van der Waals surface area contributed by atoms with Crippen molar-refractivity contribution < 1.29 is 18.3 Å². The molecule has 0 aliphatic rings. The molecule has 0 saturated heterocycles. The van der Waals surface area contributed by atoms with Crippen LogP contribution < -0.4 is 4.74 Å². The lowest BCUT2D eigenvalue weighted by molar-refractivity contribution is 0.101. The number of halogens is 2. The molecule has 4 heteroatoms. The molecule has 0 radical (unpaired) electrons. The normalized spacial score (nSPS) is 10.3. The van der Waals surface area contributed by atoms with Gasteiger partial charge in [0.25, 0.3) is 0 Å². The Morgan fingerprint density at radius 1 is 1.16 bits per heavy atom. The van der Waals surface area contributed by atoms with Gasteiger partial charge in [0.05, 0.1) is 0 Å². The lowest BCUT2D eigenvalue weighted by Gasteiger charge is -2.08. The zero-order chi connectivity index (χ0) is 13.8. The first-order chi connectivity index (χ1) is 9.08. The number of hydrogen-bond donors (Lipinski definition) is 0. The van der Waals surface area contributed by atoms with E-state index in [1.54, 1.807) is 24.3 Å². The zero-order valence-electron chi connectivity index (χ0n) is 10.3. The van der Waals surface area contributed by atoms with Crippen molar-refractivity contribution in [2.24, 2.45) is 0 Å². The fourth-order valence-corrected chi connectivity index (χ4v) is 1.63. The summed E-state index contributed by atoms with van der Waals surface area (Å²) in [6.07, 6.45) is 0. The number of carbonyl (C=O) groups excluding carboxylic acids is 1. The topological polar surface area (TPSA) is 26.3 Å². The Morgan fingerprint density at radius 2 is 1.89 bits per heavy atom. The third kappa shape index (κ3) is 3.16. The van der Waals surface area contributed by atoms with Gasteiger partial charge in [-0.2, -0.15) is 0 Å². The quantitative estimate of drug-likeness (QED) is 0.784. The maximum absolute atomic E-state index is 13.4. The maximum atomic E-state index is 13.4. The molecule has 0 amide bonds. The summed E-state index contributed by atoms with van der Waals surface area (Å²) in [6.45, 7) is 1.36. The molecule has 2 aromatic rings. The molecule has 0 atom stereocenters. The summed E-state index contributed by atoms with van der Waals surface area (Å²) in [4.78, 5) is 11.2. The molecule has 0 fully saturated rings. The van der Waals surface area contributed by atoms with Crippen LogP contribution in [0.2, 0.25) is 0 Å². The van der Waals surface area contributed by atoms with E-state index in [0.29, 0.717) is 11.3 Å². The number of rotatable bonds is 4. The lowest BCUT2D eigenvalue weighted by atomic mass is 10.1. The SMILES string of the molecule is CC(=O)c1cccc(OCc2cccc(F)c2F)c1. The highest BCUT2D eigenvalue weighted by atomic mass is 19.2. The molecule has 0 N–H and O–H groups in total. The van der Waals surface area contributed by atoms with Crippen molar-refractivity contribution in [1.29, 1.82) is 0 Å². The summed E-state index contributed by atoms with van der Waals surface area (Å²) in [7, 11) is 0. The minimum absolute atomic E-state index is 0.0811. The fourth-order valence-electron chi connectivity index (χ4n) is 1.63. The Kier molecular flexibility index (Phi) is 3.90. The van der Waals surface area contributed by atoms with Gasteiger partial charge in [0.1, 0.15) is 12.4 Å². The van der Waals surface area contributed by atoms with Crippen LogP contribution in [-0.2, 0) is 6.61 Å². The number of benzene rings is 2. The van der Waals surface area contributed by atoms with Crippen molar-refractivity contribution in [3.05, 3.63) is 65.2 Å². The molecule has 0 aromatic heterocycles. The van der Waals surface area contributed by atoms with Crippen LogP contribution in [0.25, 0.3) is 0 Å². The van der Waals surface area contributed by atoms with E-state index in [9.17, 15) is 13.6 Å². The average molecular weight is 262 g/mol. The molecule has 2 nitrogen and oxygen atoms in total. The Balaban J connectivity index is 2.12. The molecule has 2 rings (SSSR count). The average Bonchev–Trinajstić information content (AvgIpc) is 2.41. The van der Waals surface area contributed by atoms with Crippen molar-refractivity contribution >= 4 is 5.78 Å². The molecular formula is C15H12F2O2. The van der Waals surface area contributed by atoms with Crippen LogP contribution in [0, 0.1) is 11.6 Å². The second-order valence-electron chi connectivity index (χ2n) is 4.09. The van der Waals surface area contributed by atoms with Gasteiger partial charge in [-0.3, -0.25) is 4.79 Å². The summed E-state index contributed by atoms with van der Waals surface area (Å²) < 4.78 is 31.8. The monoisotopic (exact) mass is 262 g/mol. The van der Waals surface area contributed by atoms with E-state index in [0.717, 1.165) is 6.07 Å². The molecule has 0 aliphatic heterocycles. The first-order valence-corrected chi connectivity index (χ1v) is 5.74. The fraction of sp³-hybridized carbons (Fsp3) is 0.133. The van der Waals surface area contributed by atoms with Crippen LogP contribution >= 0.6 is 0 Å². The summed E-state index contributed by atoms with van der Waals surface area (Å²) >= 11 is 0. The molecule has 2 aromatic carbocycles. The number of Topliss-reactive ketones (excluding diaryl/α,β-unsaturated/α-hetero) is 1. The summed E-state index contributed by atoms with van der Waals surface area (Å²) in [6, 6.07) is 10.5. The van der Waals surface area contributed by atoms with Crippen LogP contribution in [0.15, 0.2) is 42.5 Å². The Hall–Kier alpha value is -2.23. The smallest absolute Gasteiger partial charge is 0.165 e. The van der Waals surface area contributed by atoms with E-state index < -0.39 is 11.6 Å². The minimum Gasteiger partial charge on any atom is -0.489 e. The van der Waals surface area contributed by atoms with Crippen LogP contribution in [0.4, 0.5) is 8.78 Å². The lowest BCUT2D eigenvalue weighted by Crippen LogP contribution is -2.01. The third-order valence-electron chi connectivity index (χ3n) is 2.67.